The molecule has 176 valence electrons. The Morgan fingerprint density at radius 2 is 1.77 bits per heavy atom. The molecule has 0 spiro atoms. The molecule has 5 aromatic rings. The summed E-state index contributed by atoms with van der Waals surface area (Å²) in [5.74, 6) is 0.300. The molecule has 0 saturated carbocycles. The number of benzene rings is 3. The number of imidazole rings is 1. The first-order chi connectivity index (χ1) is 16.8. The molecule has 2 N–H and O–H groups in total. The molecule has 1 unspecified atom stereocenters. The van der Waals surface area contributed by atoms with E-state index in [0.717, 1.165) is 39.0 Å². The van der Waals surface area contributed by atoms with Crippen molar-refractivity contribution in [3.05, 3.63) is 99.3 Å². The van der Waals surface area contributed by atoms with Gasteiger partial charge in [0.25, 0.3) is 0 Å². The van der Waals surface area contributed by atoms with E-state index in [-0.39, 0.29) is 11.5 Å². The van der Waals surface area contributed by atoms with Crippen LogP contribution in [0.15, 0.2) is 70.0 Å². The van der Waals surface area contributed by atoms with E-state index < -0.39 is 6.10 Å². The topological polar surface area (TPSA) is 101 Å². The quantitative estimate of drug-likeness (QED) is 0.353. The fourth-order valence-corrected chi connectivity index (χ4v) is 4.76. The highest BCUT2D eigenvalue weighted by molar-refractivity contribution is 6.04. The van der Waals surface area contributed by atoms with Crippen LogP contribution in [0.1, 0.15) is 39.0 Å². The fraction of sp³-hybridized carbons (Fsp3) is 0.179. The van der Waals surface area contributed by atoms with Crippen molar-refractivity contribution in [2.24, 2.45) is 7.05 Å². The van der Waals surface area contributed by atoms with Crippen molar-refractivity contribution < 1.29 is 14.4 Å². The van der Waals surface area contributed by atoms with Crippen LogP contribution >= 0.6 is 0 Å². The van der Waals surface area contributed by atoms with E-state index >= 15 is 0 Å². The molecule has 0 fully saturated rings. The van der Waals surface area contributed by atoms with Crippen LogP contribution in [0.5, 0.6) is 0 Å². The lowest BCUT2D eigenvalue weighted by Crippen LogP contribution is -2.14. The molecule has 7 heteroatoms. The third-order valence-electron chi connectivity index (χ3n) is 6.57. The number of ketones is 1. The van der Waals surface area contributed by atoms with E-state index in [2.05, 4.69) is 10.1 Å². The zero-order valence-corrected chi connectivity index (χ0v) is 19.9. The minimum atomic E-state index is -1.27. The van der Waals surface area contributed by atoms with Gasteiger partial charge < -0.3 is 14.6 Å². The number of rotatable bonds is 5. The Bertz CT molecular complexity index is 1620. The average molecular weight is 468 g/mol. The Labute approximate surface area is 201 Å². The van der Waals surface area contributed by atoms with Crippen LogP contribution in [-0.2, 0) is 7.05 Å². The van der Waals surface area contributed by atoms with Gasteiger partial charge in [0.05, 0.1) is 16.7 Å². The summed E-state index contributed by atoms with van der Waals surface area (Å²) in [6.45, 7) is 5.58. The Balaban J connectivity index is 1.72. The number of nitrogens with zero attached hydrogens (tertiary/aromatic N) is 2. The number of hydrogen-bond acceptors (Lipinski definition) is 5. The summed E-state index contributed by atoms with van der Waals surface area (Å²) < 4.78 is 6.94. The number of aromatic amines is 1. The molecule has 0 radical (unpaired) electrons. The second-order valence-electron chi connectivity index (χ2n) is 8.76. The van der Waals surface area contributed by atoms with Crippen molar-refractivity contribution in [1.82, 2.24) is 14.7 Å². The monoisotopic (exact) mass is 467 g/mol. The lowest BCUT2D eigenvalue weighted by molar-refractivity contribution is 0.0747. The molecule has 0 aliphatic carbocycles. The minimum Gasteiger partial charge on any atom is -0.380 e. The van der Waals surface area contributed by atoms with Crippen LogP contribution in [0.3, 0.4) is 0 Å². The highest BCUT2D eigenvalue weighted by Gasteiger charge is 2.24. The predicted molar refractivity (Wildman–Crippen MR) is 134 cm³/mol. The number of carbonyl (C=O) groups excluding carboxylic acids is 1. The second-order valence-corrected chi connectivity index (χ2v) is 8.76. The number of aryl methyl sites for hydroxylation is 3. The van der Waals surface area contributed by atoms with Crippen molar-refractivity contribution in [2.45, 2.75) is 26.9 Å². The number of H-pyrrole nitrogens is 1. The van der Waals surface area contributed by atoms with E-state index in [1.54, 1.807) is 48.0 Å². The molecule has 0 saturated heterocycles. The van der Waals surface area contributed by atoms with Crippen molar-refractivity contribution in [3.8, 4) is 22.3 Å². The number of aromatic nitrogens is 3. The highest BCUT2D eigenvalue weighted by Crippen LogP contribution is 2.37. The first-order valence-corrected chi connectivity index (χ1v) is 11.3. The lowest BCUT2D eigenvalue weighted by Gasteiger charge is -2.16. The molecule has 2 heterocycles. The number of aliphatic hydroxyl groups is 1. The molecule has 0 amide bonds. The zero-order chi connectivity index (χ0) is 24.9. The van der Waals surface area contributed by atoms with Gasteiger partial charge in [-0.15, -0.1) is 0 Å². The highest BCUT2D eigenvalue weighted by atomic mass is 16.5. The molecule has 2 aromatic heterocycles. The number of Topliss-reactive ketones (excluding diaryl/α,β-unsaturated/α-hetero) is 1. The summed E-state index contributed by atoms with van der Waals surface area (Å²) in [5, 5.41) is 14.8. The molecular weight excluding hydrogens is 442 g/mol. The van der Waals surface area contributed by atoms with Gasteiger partial charge in [-0.2, -0.15) is 0 Å². The van der Waals surface area contributed by atoms with Crippen LogP contribution in [0.25, 0.3) is 33.3 Å². The molecule has 3 aromatic carbocycles. The fourth-order valence-electron chi connectivity index (χ4n) is 4.76. The maximum atomic E-state index is 13.3. The van der Waals surface area contributed by atoms with Crippen molar-refractivity contribution >= 4 is 16.8 Å². The first-order valence-electron chi connectivity index (χ1n) is 11.3. The summed E-state index contributed by atoms with van der Waals surface area (Å²) in [6, 6.07) is 18.2. The Morgan fingerprint density at radius 1 is 1.03 bits per heavy atom. The van der Waals surface area contributed by atoms with Crippen LogP contribution in [0.2, 0.25) is 0 Å². The number of nitrogens with one attached hydrogen (secondary N) is 1. The zero-order valence-electron chi connectivity index (χ0n) is 19.9. The largest absolute Gasteiger partial charge is 0.380 e. The standard InChI is InChI=1S/C28H25N3O4/c1-15-20(11-8-12-21(15)27(33)26(32)18-9-6-5-7-10-18)22-13-19(24-16(2)30-35-17(24)3)14-23-25(22)31(4)28(34)29-23/h5-14,26,32H,1-4H3,(H,29,34). The minimum absolute atomic E-state index is 0.235. The van der Waals surface area contributed by atoms with Gasteiger partial charge in [0.1, 0.15) is 11.9 Å². The number of aliphatic hydroxyl groups excluding tert-OH is 1. The summed E-state index contributed by atoms with van der Waals surface area (Å²) in [5.41, 5.74) is 6.90. The molecule has 0 bridgehead atoms. The average Bonchev–Trinajstić information content (AvgIpc) is 3.35. The van der Waals surface area contributed by atoms with Crippen LogP contribution in [0.4, 0.5) is 0 Å². The molecule has 0 aliphatic heterocycles. The predicted octanol–water partition coefficient (Wildman–Crippen LogP) is 5.03. The first kappa shape index (κ1) is 22.6. The summed E-state index contributed by atoms with van der Waals surface area (Å²) in [7, 11) is 1.71. The van der Waals surface area contributed by atoms with Gasteiger partial charge in [0, 0.05) is 23.7 Å². The molecule has 35 heavy (non-hydrogen) atoms. The molecule has 5 rings (SSSR count). The van der Waals surface area contributed by atoms with Crippen LogP contribution < -0.4 is 5.69 Å². The summed E-state index contributed by atoms with van der Waals surface area (Å²) in [6.07, 6.45) is -1.27. The smallest absolute Gasteiger partial charge is 0.326 e. The molecule has 7 nitrogen and oxygen atoms in total. The van der Waals surface area contributed by atoms with Gasteiger partial charge in [-0.3, -0.25) is 9.36 Å². The van der Waals surface area contributed by atoms with Gasteiger partial charge in [-0.05, 0) is 55.2 Å². The van der Waals surface area contributed by atoms with E-state index in [1.807, 2.05) is 45.0 Å². The van der Waals surface area contributed by atoms with E-state index in [0.29, 0.717) is 22.4 Å². The second kappa shape index (κ2) is 8.52. The molecular formula is C28H25N3O4. The Hall–Kier alpha value is -4.23. The maximum Gasteiger partial charge on any atom is 0.326 e. The Morgan fingerprint density at radius 3 is 2.46 bits per heavy atom. The number of carbonyl (C=O) groups is 1. The van der Waals surface area contributed by atoms with Gasteiger partial charge in [0.2, 0.25) is 0 Å². The van der Waals surface area contributed by atoms with Gasteiger partial charge in [-0.1, -0.05) is 53.7 Å². The maximum absolute atomic E-state index is 13.3. The Kier molecular flexibility index (Phi) is 5.49. The molecule has 1 atom stereocenters. The van der Waals surface area contributed by atoms with Gasteiger partial charge >= 0.3 is 5.69 Å². The molecule has 0 aliphatic rings. The van der Waals surface area contributed by atoms with Gasteiger partial charge in [0.15, 0.2) is 5.78 Å². The SMILES string of the molecule is Cc1noc(C)c1-c1cc(-c2cccc(C(=O)C(O)c3ccccc3)c2C)c2c(c1)[nH]c(=O)n2C. The summed E-state index contributed by atoms with van der Waals surface area (Å²) >= 11 is 0. The van der Waals surface area contributed by atoms with Crippen molar-refractivity contribution in [1.29, 1.82) is 0 Å². The van der Waals surface area contributed by atoms with E-state index in [4.69, 9.17) is 4.52 Å². The summed E-state index contributed by atoms with van der Waals surface area (Å²) in [4.78, 5) is 28.8. The van der Waals surface area contributed by atoms with Crippen LogP contribution in [-0.4, -0.2) is 25.6 Å². The van der Waals surface area contributed by atoms with Crippen molar-refractivity contribution in [2.75, 3.05) is 0 Å². The number of hydrogen-bond donors (Lipinski definition) is 2. The van der Waals surface area contributed by atoms with E-state index in [1.165, 1.54) is 0 Å². The van der Waals surface area contributed by atoms with E-state index in [9.17, 15) is 14.7 Å². The third-order valence-corrected chi connectivity index (χ3v) is 6.57. The third kappa shape index (κ3) is 3.70. The number of fused-ring (bicyclic) bond motifs is 1. The van der Waals surface area contributed by atoms with Crippen molar-refractivity contribution in [3.63, 3.8) is 0 Å². The normalized spacial score (nSPS) is 12.3. The lowest BCUT2D eigenvalue weighted by atomic mass is 9.89. The van der Waals surface area contributed by atoms with Crippen LogP contribution in [0, 0.1) is 20.8 Å². The van der Waals surface area contributed by atoms with Gasteiger partial charge in [-0.25, -0.2) is 4.79 Å².